The number of thiophene rings is 1. The molecule has 1 atom stereocenters. The zero-order chi connectivity index (χ0) is 17.5. The highest BCUT2D eigenvalue weighted by molar-refractivity contribution is 7.10. The van der Waals surface area contributed by atoms with E-state index < -0.39 is 6.04 Å². The lowest BCUT2D eigenvalue weighted by atomic mass is 10.1. The monoisotopic (exact) mass is 367 g/mol. The second kappa shape index (κ2) is 8.70. The second-order valence-corrected chi connectivity index (χ2v) is 6.53. The third-order valence-corrected chi connectivity index (χ3v) is 4.54. The molecule has 0 radical (unpaired) electrons. The van der Waals surface area contributed by atoms with Crippen molar-refractivity contribution in [1.29, 1.82) is 0 Å². The van der Waals surface area contributed by atoms with Gasteiger partial charge in [0.05, 0.1) is 19.6 Å². The van der Waals surface area contributed by atoms with Crippen molar-refractivity contribution in [2.75, 3.05) is 13.7 Å². The normalized spacial score (nSPS) is 11.6. The minimum absolute atomic E-state index is 0.0721. The zero-order valence-electron chi connectivity index (χ0n) is 13.4. The average molecular weight is 368 g/mol. The number of benzene rings is 1. The first-order valence-corrected chi connectivity index (χ1v) is 8.54. The fraction of sp³-hybridized carbons (Fsp3) is 0.294. The molecule has 1 aromatic heterocycles. The van der Waals surface area contributed by atoms with Crippen molar-refractivity contribution < 1.29 is 19.1 Å². The van der Waals surface area contributed by atoms with Crippen LogP contribution in [0.4, 0.5) is 0 Å². The fourth-order valence-corrected chi connectivity index (χ4v) is 3.12. The van der Waals surface area contributed by atoms with Crippen molar-refractivity contribution in [3.63, 3.8) is 0 Å². The maximum absolute atomic E-state index is 12.2. The Balaban J connectivity index is 1.96. The molecule has 1 N–H and O–H groups in total. The summed E-state index contributed by atoms with van der Waals surface area (Å²) < 4.78 is 10.2. The molecule has 0 saturated heterocycles. The molecule has 0 fully saturated rings. The van der Waals surface area contributed by atoms with Crippen LogP contribution in [0.1, 0.15) is 22.9 Å². The molecule has 2 rings (SSSR count). The van der Waals surface area contributed by atoms with Gasteiger partial charge in [-0.1, -0.05) is 17.7 Å². The first-order chi connectivity index (χ1) is 11.5. The SMILES string of the molecule is COC(=O)CC(NC(=O)COc1ccc(Cl)cc1C)c1cccs1. The van der Waals surface area contributed by atoms with Gasteiger partial charge in [0.1, 0.15) is 5.75 Å². The lowest BCUT2D eigenvalue weighted by Crippen LogP contribution is -2.33. The van der Waals surface area contributed by atoms with E-state index in [9.17, 15) is 9.59 Å². The van der Waals surface area contributed by atoms with Gasteiger partial charge in [-0.15, -0.1) is 11.3 Å². The van der Waals surface area contributed by atoms with Crippen molar-refractivity contribution in [2.24, 2.45) is 0 Å². The number of aryl methyl sites for hydroxylation is 1. The van der Waals surface area contributed by atoms with Gasteiger partial charge >= 0.3 is 5.97 Å². The van der Waals surface area contributed by atoms with Crippen molar-refractivity contribution in [3.8, 4) is 5.75 Å². The van der Waals surface area contributed by atoms with Crippen LogP contribution in [0.2, 0.25) is 5.02 Å². The summed E-state index contributed by atoms with van der Waals surface area (Å²) in [7, 11) is 1.32. The summed E-state index contributed by atoms with van der Waals surface area (Å²) in [6, 6.07) is 8.48. The molecule has 0 aliphatic rings. The lowest BCUT2D eigenvalue weighted by Gasteiger charge is -2.17. The Hall–Kier alpha value is -2.05. The number of esters is 1. The summed E-state index contributed by atoms with van der Waals surface area (Å²) in [4.78, 5) is 24.6. The highest BCUT2D eigenvalue weighted by atomic mass is 35.5. The predicted octanol–water partition coefficient (Wildman–Crippen LogP) is 3.51. The summed E-state index contributed by atoms with van der Waals surface area (Å²) in [5.41, 5.74) is 0.847. The standard InChI is InChI=1S/C17H18ClNO4S/c1-11-8-12(18)5-6-14(11)23-10-16(20)19-13(9-17(21)22-2)15-4-3-7-24-15/h3-8,13H,9-10H2,1-2H3,(H,19,20). The van der Waals surface area contributed by atoms with E-state index in [0.29, 0.717) is 10.8 Å². The summed E-state index contributed by atoms with van der Waals surface area (Å²) in [5.74, 6) is -0.106. The maximum atomic E-state index is 12.2. The maximum Gasteiger partial charge on any atom is 0.307 e. The Morgan fingerprint density at radius 1 is 1.33 bits per heavy atom. The van der Waals surface area contributed by atoms with Gasteiger partial charge in [0.15, 0.2) is 6.61 Å². The number of amides is 1. The zero-order valence-corrected chi connectivity index (χ0v) is 14.9. The van der Waals surface area contributed by atoms with Gasteiger partial charge in [-0.2, -0.15) is 0 Å². The van der Waals surface area contributed by atoms with Crippen molar-refractivity contribution in [1.82, 2.24) is 5.32 Å². The van der Waals surface area contributed by atoms with Crippen LogP contribution in [0, 0.1) is 6.92 Å². The van der Waals surface area contributed by atoms with Gasteiger partial charge in [-0.05, 0) is 42.1 Å². The Labute approximate surface area is 149 Å². The van der Waals surface area contributed by atoms with Crippen molar-refractivity contribution in [2.45, 2.75) is 19.4 Å². The summed E-state index contributed by atoms with van der Waals surface area (Å²) in [5, 5.41) is 5.30. The van der Waals surface area contributed by atoms with Gasteiger partial charge < -0.3 is 14.8 Å². The molecule has 0 spiro atoms. The first kappa shape index (κ1) is 18.3. The molecule has 128 valence electrons. The van der Waals surface area contributed by atoms with E-state index in [-0.39, 0.29) is 24.9 Å². The van der Waals surface area contributed by atoms with Crippen LogP contribution in [0.15, 0.2) is 35.7 Å². The van der Waals surface area contributed by atoms with Crippen LogP contribution in [-0.2, 0) is 14.3 Å². The molecule has 0 saturated carbocycles. The van der Waals surface area contributed by atoms with Gasteiger partial charge in [0.25, 0.3) is 5.91 Å². The molecule has 7 heteroatoms. The number of hydrogen-bond donors (Lipinski definition) is 1. The van der Waals surface area contributed by atoms with Gasteiger partial charge in [-0.3, -0.25) is 9.59 Å². The highest BCUT2D eigenvalue weighted by Gasteiger charge is 2.20. The topological polar surface area (TPSA) is 64.6 Å². The molecule has 1 amide bonds. The average Bonchev–Trinajstić information content (AvgIpc) is 3.07. The summed E-state index contributed by atoms with van der Waals surface area (Å²) in [6.45, 7) is 1.70. The van der Waals surface area contributed by atoms with Crippen LogP contribution >= 0.6 is 22.9 Å². The van der Waals surface area contributed by atoms with E-state index in [1.54, 1.807) is 18.2 Å². The minimum atomic E-state index is -0.431. The molecular weight excluding hydrogens is 350 g/mol. The lowest BCUT2D eigenvalue weighted by molar-refractivity contribution is -0.141. The number of carbonyl (C=O) groups is 2. The number of methoxy groups -OCH3 is 1. The molecule has 1 heterocycles. The van der Waals surface area contributed by atoms with Crippen LogP contribution in [0.5, 0.6) is 5.75 Å². The summed E-state index contributed by atoms with van der Waals surface area (Å²) >= 11 is 7.36. The van der Waals surface area contributed by atoms with E-state index in [1.807, 2.05) is 24.4 Å². The van der Waals surface area contributed by atoms with Gasteiger partial charge in [-0.25, -0.2) is 0 Å². The third kappa shape index (κ3) is 5.25. The molecule has 2 aromatic rings. The summed E-state index contributed by atoms with van der Waals surface area (Å²) in [6.07, 6.45) is 0.0721. The Bertz CT molecular complexity index is 703. The number of rotatable bonds is 7. The number of nitrogens with one attached hydrogen (secondary N) is 1. The predicted molar refractivity (Wildman–Crippen MR) is 93.5 cm³/mol. The van der Waals surface area contributed by atoms with Gasteiger partial charge in [0, 0.05) is 9.90 Å². The second-order valence-electron chi connectivity index (χ2n) is 5.11. The Kier molecular flexibility index (Phi) is 6.63. The highest BCUT2D eigenvalue weighted by Crippen LogP contribution is 2.23. The Morgan fingerprint density at radius 3 is 2.75 bits per heavy atom. The minimum Gasteiger partial charge on any atom is -0.484 e. The van der Waals surface area contributed by atoms with E-state index in [2.05, 4.69) is 10.1 Å². The van der Waals surface area contributed by atoms with Crippen LogP contribution in [0.3, 0.4) is 0 Å². The molecular formula is C17H18ClNO4S. The van der Waals surface area contributed by atoms with Crippen LogP contribution in [-0.4, -0.2) is 25.6 Å². The van der Waals surface area contributed by atoms with Crippen molar-refractivity contribution in [3.05, 3.63) is 51.2 Å². The number of carbonyl (C=O) groups excluding carboxylic acids is 2. The molecule has 1 unspecified atom stereocenters. The molecule has 0 aliphatic carbocycles. The van der Waals surface area contributed by atoms with E-state index in [1.165, 1.54) is 18.4 Å². The smallest absolute Gasteiger partial charge is 0.307 e. The van der Waals surface area contributed by atoms with E-state index in [4.69, 9.17) is 16.3 Å². The third-order valence-electron chi connectivity index (χ3n) is 3.32. The molecule has 5 nitrogen and oxygen atoms in total. The van der Waals surface area contributed by atoms with E-state index >= 15 is 0 Å². The quantitative estimate of drug-likeness (QED) is 0.760. The largest absolute Gasteiger partial charge is 0.484 e. The first-order valence-electron chi connectivity index (χ1n) is 7.28. The fourth-order valence-electron chi connectivity index (χ4n) is 2.12. The van der Waals surface area contributed by atoms with Crippen molar-refractivity contribution >= 4 is 34.8 Å². The molecule has 0 bridgehead atoms. The molecule has 1 aromatic carbocycles. The number of hydrogen-bond acceptors (Lipinski definition) is 5. The van der Waals surface area contributed by atoms with Crippen LogP contribution < -0.4 is 10.1 Å². The number of ether oxygens (including phenoxy) is 2. The molecule has 0 aliphatic heterocycles. The Morgan fingerprint density at radius 2 is 2.12 bits per heavy atom. The molecule has 24 heavy (non-hydrogen) atoms. The van der Waals surface area contributed by atoms with Crippen LogP contribution in [0.25, 0.3) is 0 Å². The van der Waals surface area contributed by atoms with E-state index in [0.717, 1.165) is 10.4 Å². The number of halogens is 1. The van der Waals surface area contributed by atoms with Gasteiger partial charge in [0.2, 0.25) is 0 Å².